The van der Waals surface area contributed by atoms with E-state index in [1.165, 1.54) is 19.3 Å². The first-order valence-corrected chi connectivity index (χ1v) is 6.36. The minimum atomic E-state index is -0.163. The molecule has 2 heteroatoms. The van der Waals surface area contributed by atoms with Crippen molar-refractivity contribution in [3.05, 3.63) is 0 Å². The van der Waals surface area contributed by atoms with Gasteiger partial charge in [-0.05, 0) is 26.2 Å². The number of carbonyl (C=O) groups excluding carboxylic acids is 1. The van der Waals surface area contributed by atoms with E-state index in [0.29, 0.717) is 0 Å². The van der Waals surface area contributed by atoms with Crippen molar-refractivity contribution in [2.45, 2.75) is 71.8 Å². The maximum Gasteiger partial charge on any atom is 0.315 e. The maximum absolute atomic E-state index is 11.5. The van der Waals surface area contributed by atoms with Gasteiger partial charge in [0.25, 0.3) is 0 Å². The Morgan fingerprint density at radius 1 is 1.20 bits per heavy atom. The molecule has 1 rings (SSSR count). The lowest BCUT2D eigenvalue weighted by Gasteiger charge is -2.44. The molecule has 2 nitrogen and oxygen atoms in total. The first kappa shape index (κ1) is 12.5. The molecule has 0 unspecified atom stereocenters. The van der Waals surface area contributed by atoms with Gasteiger partial charge in [0.15, 0.2) is 0 Å². The van der Waals surface area contributed by atoms with E-state index in [1.807, 2.05) is 0 Å². The van der Waals surface area contributed by atoms with E-state index in [0.717, 1.165) is 25.7 Å². The average molecular weight is 212 g/mol. The smallest absolute Gasteiger partial charge is 0.315 e. The summed E-state index contributed by atoms with van der Waals surface area (Å²) in [6, 6.07) is 0. The Hall–Kier alpha value is -0.530. The molecule has 1 heterocycles. The third-order valence-corrected chi connectivity index (χ3v) is 3.55. The highest BCUT2D eigenvalue weighted by Crippen LogP contribution is 2.43. The second kappa shape index (κ2) is 5.53. The van der Waals surface area contributed by atoms with Gasteiger partial charge in [0, 0.05) is 0 Å². The normalized spacial score (nSPS) is 29.8. The number of rotatable bonds is 7. The van der Waals surface area contributed by atoms with Crippen LogP contribution in [-0.4, -0.2) is 12.1 Å². The number of hydrogen-bond donors (Lipinski definition) is 0. The van der Waals surface area contributed by atoms with Crippen molar-refractivity contribution in [3.8, 4) is 0 Å². The zero-order chi connectivity index (χ0) is 11.3. The van der Waals surface area contributed by atoms with Crippen LogP contribution in [-0.2, 0) is 9.53 Å². The molecule has 1 saturated heterocycles. The fraction of sp³-hybridized carbons (Fsp3) is 0.923. The second-order valence-electron chi connectivity index (χ2n) is 4.91. The van der Waals surface area contributed by atoms with Crippen molar-refractivity contribution in [1.82, 2.24) is 0 Å². The third kappa shape index (κ3) is 2.73. The van der Waals surface area contributed by atoms with E-state index in [1.54, 1.807) is 0 Å². The summed E-state index contributed by atoms with van der Waals surface area (Å²) in [4.78, 5) is 11.5. The lowest BCUT2D eigenvalue weighted by molar-refractivity contribution is -0.206. The molecule has 0 aromatic carbocycles. The molecule has 0 radical (unpaired) electrons. The Morgan fingerprint density at radius 3 is 2.40 bits per heavy atom. The fourth-order valence-electron chi connectivity index (χ4n) is 2.23. The van der Waals surface area contributed by atoms with Crippen LogP contribution in [0.5, 0.6) is 0 Å². The number of esters is 1. The van der Waals surface area contributed by atoms with Crippen LogP contribution in [0.2, 0.25) is 0 Å². The predicted molar refractivity (Wildman–Crippen MR) is 61.7 cm³/mol. The lowest BCUT2D eigenvalue weighted by Crippen LogP contribution is -2.54. The first-order valence-electron chi connectivity index (χ1n) is 6.36. The van der Waals surface area contributed by atoms with Crippen LogP contribution < -0.4 is 0 Å². The monoisotopic (exact) mass is 212 g/mol. The molecule has 0 saturated carbocycles. The zero-order valence-corrected chi connectivity index (χ0v) is 10.3. The summed E-state index contributed by atoms with van der Waals surface area (Å²) < 4.78 is 5.26. The fourth-order valence-corrected chi connectivity index (χ4v) is 2.23. The minimum absolute atomic E-state index is 0.0254. The molecular formula is C13H24O2. The number of ether oxygens (including phenoxy) is 1. The van der Waals surface area contributed by atoms with Gasteiger partial charge in [-0.25, -0.2) is 0 Å². The van der Waals surface area contributed by atoms with Gasteiger partial charge >= 0.3 is 5.97 Å². The molecule has 1 aliphatic heterocycles. The van der Waals surface area contributed by atoms with Crippen LogP contribution in [0.3, 0.4) is 0 Å². The van der Waals surface area contributed by atoms with Gasteiger partial charge in [0.05, 0.1) is 0 Å². The lowest BCUT2D eigenvalue weighted by atomic mass is 9.73. The van der Waals surface area contributed by atoms with E-state index < -0.39 is 0 Å². The summed E-state index contributed by atoms with van der Waals surface area (Å²) in [6.45, 7) is 6.44. The van der Waals surface area contributed by atoms with E-state index in [9.17, 15) is 4.79 Å². The summed E-state index contributed by atoms with van der Waals surface area (Å²) in [5.41, 5.74) is -0.163. The van der Waals surface area contributed by atoms with Crippen molar-refractivity contribution in [2.75, 3.05) is 0 Å². The summed E-state index contributed by atoms with van der Waals surface area (Å²) in [6.07, 6.45) is 8.21. The highest BCUT2D eigenvalue weighted by atomic mass is 16.6. The van der Waals surface area contributed by atoms with E-state index in [4.69, 9.17) is 4.74 Å². The SMILES string of the molecule is CCCCC[C@@H]1OC(=O)[C@]1(C)CCCC. The van der Waals surface area contributed by atoms with Crippen molar-refractivity contribution < 1.29 is 9.53 Å². The number of unbranched alkanes of at least 4 members (excludes halogenated alkanes) is 3. The quantitative estimate of drug-likeness (QED) is 0.475. The van der Waals surface area contributed by atoms with Crippen LogP contribution in [0.25, 0.3) is 0 Å². The molecule has 0 spiro atoms. The Kier molecular flexibility index (Phi) is 4.62. The molecule has 1 fully saturated rings. The molecule has 0 amide bonds. The number of carbonyl (C=O) groups is 1. The largest absolute Gasteiger partial charge is 0.461 e. The number of hydrogen-bond acceptors (Lipinski definition) is 2. The van der Waals surface area contributed by atoms with E-state index in [2.05, 4.69) is 20.8 Å². The molecule has 1 aliphatic rings. The van der Waals surface area contributed by atoms with E-state index >= 15 is 0 Å². The Morgan fingerprint density at radius 2 is 1.87 bits per heavy atom. The molecule has 2 atom stereocenters. The molecular weight excluding hydrogens is 188 g/mol. The van der Waals surface area contributed by atoms with Gasteiger partial charge < -0.3 is 4.74 Å². The van der Waals surface area contributed by atoms with E-state index in [-0.39, 0.29) is 17.5 Å². The van der Waals surface area contributed by atoms with Crippen molar-refractivity contribution >= 4 is 5.97 Å². The molecule has 0 aromatic rings. The van der Waals surface area contributed by atoms with Gasteiger partial charge in [0.2, 0.25) is 0 Å². The maximum atomic E-state index is 11.5. The zero-order valence-electron chi connectivity index (χ0n) is 10.3. The van der Waals surface area contributed by atoms with Crippen LogP contribution in [0.15, 0.2) is 0 Å². The molecule has 0 N–H and O–H groups in total. The van der Waals surface area contributed by atoms with Gasteiger partial charge in [0.1, 0.15) is 11.5 Å². The van der Waals surface area contributed by atoms with Crippen LogP contribution in [0.4, 0.5) is 0 Å². The van der Waals surface area contributed by atoms with Crippen LogP contribution >= 0.6 is 0 Å². The summed E-state index contributed by atoms with van der Waals surface area (Å²) in [7, 11) is 0. The molecule has 15 heavy (non-hydrogen) atoms. The second-order valence-corrected chi connectivity index (χ2v) is 4.91. The summed E-state index contributed by atoms with van der Waals surface area (Å²) >= 11 is 0. The third-order valence-electron chi connectivity index (χ3n) is 3.55. The highest BCUT2D eigenvalue weighted by Gasteiger charge is 2.52. The van der Waals surface area contributed by atoms with Gasteiger partial charge in [-0.2, -0.15) is 0 Å². The molecule has 0 aromatic heterocycles. The van der Waals surface area contributed by atoms with Gasteiger partial charge in [-0.15, -0.1) is 0 Å². The minimum Gasteiger partial charge on any atom is -0.461 e. The summed E-state index contributed by atoms with van der Waals surface area (Å²) in [5, 5.41) is 0. The Bertz CT molecular complexity index is 213. The number of cyclic esters (lactones) is 1. The molecule has 0 bridgehead atoms. The van der Waals surface area contributed by atoms with Gasteiger partial charge in [-0.1, -0.05) is 39.5 Å². The Labute approximate surface area is 93.4 Å². The van der Waals surface area contributed by atoms with Crippen LogP contribution in [0.1, 0.15) is 65.7 Å². The standard InChI is InChI=1S/C13H24O2/c1-4-6-8-9-11-13(3,10-7-5-2)12(14)15-11/h11H,4-10H2,1-3H3/t11-,13+/m0/s1. The van der Waals surface area contributed by atoms with Crippen molar-refractivity contribution in [2.24, 2.45) is 5.41 Å². The molecule has 0 aliphatic carbocycles. The van der Waals surface area contributed by atoms with Crippen molar-refractivity contribution in [3.63, 3.8) is 0 Å². The average Bonchev–Trinajstić information content (AvgIpc) is 2.25. The molecule has 88 valence electrons. The Balaban J connectivity index is 2.35. The summed E-state index contributed by atoms with van der Waals surface area (Å²) in [5.74, 6) is 0.0254. The topological polar surface area (TPSA) is 26.3 Å². The van der Waals surface area contributed by atoms with Crippen molar-refractivity contribution in [1.29, 1.82) is 0 Å². The highest BCUT2D eigenvalue weighted by molar-refractivity contribution is 5.82. The predicted octanol–water partition coefficient (Wildman–Crippen LogP) is 3.69. The first-order chi connectivity index (χ1) is 7.15. The van der Waals surface area contributed by atoms with Crippen LogP contribution in [0, 0.1) is 5.41 Å². The van der Waals surface area contributed by atoms with Gasteiger partial charge in [-0.3, -0.25) is 4.79 Å².